The molecular formula is C26H39N3O3. The number of ether oxygens (including phenoxy) is 1. The number of hydrogen-bond acceptors (Lipinski definition) is 4. The van der Waals surface area contributed by atoms with E-state index in [4.69, 9.17) is 4.74 Å². The van der Waals surface area contributed by atoms with Gasteiger partial charge >= 0.3 is 0 Å². The fourth-order valence-electron chi connectivity index (χ4n) is 5.56. The van der Waals surface area contributed by atoms with E-state index < -0.39 is 11.6 Å². The first kappa shape index (κ1) is 23.2. The number of piperidine rings is 1. The number of rotatable bonds is 8. The van der Waals surface area contributed by atoms with E-state index in [-0.39, 0.29) is 17.9 Å². The minimum Gasteiger partial charge on any atom is -0.376 e. The van der Waals surface area contributed by atoms with Crippen molar-refractivity contribution in [3.63, 3.8) is 0 Å². The zero-order valence-electron chi connectivity index (χ0n) is 19.7. The first-order valence-electron chi connectivity index (χ1n) is 12.5. The molecule has 1 aromatic rings. The van der Waals surface area contributed by atoms with Crippen LogP contribution in [0.3, 0.4) is 0 Å². The molecule has 0 aliphatic carbocycles. The second kappa shape index (κ2) is 10.3. The maximum Gasteiger partial charge on any atom is 0.246 e. The van der Waals surface area contributed by atoms with Gasteiger partial charge in [-0.15, -0.1) is 0 Å². The van der Waals surface area contributed by atoms with E-state index >= 15 is 0 Å². The Morgan fingerprint density at radius 3 is 2.56 bits per heavy atom. The van der Waals surface area contributed by atoms with Gasteiger partial charge in [0.25, 0.3) is 0 Å². The SMILES string of the molecule is CC(C)CC1NC(=O)C2(CCN(CCCc3ccccc3)CC2)N(CC2CCCO2)C1=O. The molecule has 0 radical (unpaired) electrons. The van der Waals surface area contributed by atoms with Gasteiger partial charge in [0, 0.05) is 26.2 Å². The van der Waals surface area contributed by atoms with Crippen molar-refractivity contribution in [1.82, 2.24) is 15.1 Å². The summed E-state index contributed by atoms with van der Waals surface area (Å²) in [5.41, 5.74) is 0.657. The third kappa shape index (κ3) is 5.18. The number of nitrogens with one attached hydrogen (secondary N) is 1. The van der Waals surface area contributed by atoms with Crippen molar-refractivity contribution in [3.8, 4) is 0 Å². The van der Waals surface area contributed by atoms with Crippen LogP contribution >= 0.6 is 0 Å². The van der Waals surface area contributed by atoms with E-state index in [0.717, 1.165) is 51.9 Å². The van der Waals surface area contributed by atoms with Gasteiger partial charge in [0.2, 0.25) is 11.8 Å². The van der Waals surface area contributed by atoms with Crippen LogP contribution in [0.15, 0.2) is 30.3 Å². The molecule has 1 spiro atoms. The highest BCUT2D eigenvalue weighted by molar-refractivity contribution is 6.00. The average Bonchev–Trinajstić information content (AvgIpc) is 3.30. The number of carbonyl (C=O) groups excluding carboxylic acids is 2. The summed E-state index contributed by atoms with van der Waals surface area (Å²) in [6.07, 6.45) is 6.35. The molecule has 6 nitrogen and oxygen atoms in total. The molecular weight excluding hydrogens is 402 g/mol. The summed E-state index contributed by atoms with van der Waals surface area (Å²) in [5, 5.41) is 3.10. The highest BCUT2D eigenvalue weighted by Crippen LogP contribution is 2.35. The number of nitrogens with zero attached hydrogens (tertiary/aromatic N) is 2. The Labute approximate surface area is 192 Å². The number of piperazine rings is 1. The van der Waals surface area contributed by atoms with Crippen molar-refractivity contribution in [3.05, 3.63) is 35.9 Å². The molecule has 6 heteroatoms. The lowest BCUT2D eigenvalue weighted by Gasteiger charge is -2.52. The average molecular weight is 442 g/mol. The molecule has 0 aromatic heterocycles. The summed E-state index contributed by atoms with van der Waals surface area (Å²) in [5.74, 6) is 0.491. The Hall–Kier alpha value is -1.92. The highest BCUT2D eigenvalue weighted by Gasteiger charge is 2.54. The van der Waals surface area contributed by atoms with Gasteiger partial charge in [0.15, 0.2) is 0 Å². The Balaban J connectivity index is 1.40. The van der Waals surface area contributed by atoms with Crippen LogP contribution in [0.25, 0.3) is 0 Å². The molecule has 3 fully saturated rings. The molecule has 3 aliphatic rings. The number of aryl methyl sites for hydroxylation is 1. The lowest BCUT2D eigenvalue weighted by atomic mass is 9.80. The fourth-order valence-corrected chi connectivity index (χ4v) is 5.56. The molecule has 1 aromatic carbocycles. The Morgan fingerprint density at radius 2 is 1.91 bits per heavy atom. The highest BCUT2D eigenvalue weighted by atomic mass is 16.5. The normalized spacial score (nSPS) is 26.2. The largest absolute Gasteiger partial charge is 0.376 e. The molecule has 176 valence electrons. The quantitative estimate of drug-likeness (QED) is 0.674. The van der Waals surface area contributed by atoms with Crippen LogP contribution in [0.5, 0.6) is 0 Å². The topological polar surface area (TPSA) is 61.9 Å². The monoisotopic (exact) mass is 441 g/mol. The zero-order chi connectivity index (χ0) is 22.6. The van der Waals surface area contributed by atoms with Gasteiger partial charge in [-0.3, -0.25) is 9.59 Å². The summed E-state index contributed by atoms with van der Waals surface area (Å²) < 4.78 is 5.87. The second-order valence-electron chi connectivity index (χ2n) is 10.2. The third-order valence-electron chi connectivity index (χ3n) is 7.39. The van der Waals surface area contributed by atoms with Gasteiger partial charge in [-0.2, -0.15) is 0 Å². The summed E-state index contributed by atoms with van der Waals surface area (Å²) in [7, 11) is 0. The minimum absolute atomic E-state index is 0.0460. The van der Waals surface area contributed by atoms with Crippen LogP contribution in [-0.4, -0.2) is 72.1 Å². The zero-order valence-corrected chi connectivity index (χ0v) is 19.7. The lowest BCUT2D eigenvalue weighted by molar-refractivity contribution is -0.163. The van der Waals surface area contributed by atoms with Crippen LogP contribution in [-0.2, 0) is 20.7 Å². The van der Waals surface area contributed by atoms with E-state index in [9.17, 15) is 9.59 Å². The molecule has 0 bridgehead atoms. The van der Waals surface area contributed by atoms with E-state index in [1.807, 2.05) is 4.90 Å². The van der Waals surface area contributed by atoms with E-state index in [2.05, 4.69) is 54.4 Å². The first-order valence-corrected chi connectivity index (χ1v) is 12.5. The van der Waals surface area contributed by atoms with Gasteiger partial charge in [-0.1, -0.05) is 44.2 Å². The molecule has 32 heavy (non-hydrogen) atoms. The van der Waals surface area contributed by atoms with Gasteiger partial charge < -0.3 is 19.9 Å². The number of carbonyl (C=O) groups is 2. The Bertz CT molecular complexity index is 768. The van der Waals surface area contributed by atoms with Gasteiger partial charge in [0.1, 0.15) is 11.6 Å². The molecule has 3 heterocycles. The second-order valence-corrected chi connectivity index (χ2v) is 10.2. The van der Waals surface area contributed by atoms with E-state index in [1.54, 1.807) is 0 Å². The van der Waals surface area contributed by atoms with Crippen LogP contribution in [0.1, 0.15) is 57.9 Å². The Kier molecular flexibility index (Phi) is 7.51. The predicted octanol–water partition coefficient (Wildman–Crippen LogP) is 3.01. The number of hydrogen-bond donors (Lipinski definition) is 1. The standard InChI is InChI=1S/C26H39N3O3/c1-20(2)18-23-24(30)29(19-22-11-7-17-32-22)26(25(31)27-23)12-15-28(16-13-26)14-6-10-21-8-4-3-5-9-21/h3-5,8-9,20,22-23H,6-7,10-19H2,1-2H3,(H,27,31). The van der Waals surface area contributed by atoms with Crippen LogP contribution < -0.4 is 5.32 Å². The molecule has 2 amide bonds. The van der Waals surface area contributed by atoms with Crippen molar-refractivity contribution in [2.24, 2.45) is 5.92 Å². The molecule has 3 aliphatic heterocycles. The van der Waals surface area contributed by atoms with Gasteiger partial charge in [0.05, 0.1) is 6.10 Å². The molecule has 1 N–H and O–H groups in total. The van der Waals surface area contributed by atoms with Crippen molar-refractivity contribution < 1.29 is 14.3 Å². The van der Waals surface area contributed by atoms with Crippen molar-refractivity contribution in [1.29, 1.82) is 0 Å². The smallest absolute Gasteiger partial charge is 0.246 e. The van der Waals surface area contributed by atoms with Gasteiger partial charge in [-0.25, -0.2) is 0 Å². The first-order chi connectivity index (χ1) is 15.5. The summed E-state index contributed by atoms with van der Waals surface area (Å²) in [6, 6.07) is 10.2. The molecule has 2 unspecified atom stereocenters. The van der Waals surface area contributed by atoms with Crippen LogP contribution in [0.4, 0.5) is 0 Å². The number of amides is 2. The van der Waals surface area contributed by atoms with Crippen molar-refractivity contribution >= 4 is 11.8 Å². The van der Waals surface area contributed by atoms with E-state index in [1.165, 1.54) is 5.56 Å². The molecule has 4 rings (SSSR count). The maximum atomic E-state index is 13.5. The Morgan fingerprint density at radius 1 is 1.16 bits per heavy atom. The van der Waals surface area contributed by atoms with E-state index in [0.29, 0.717) is 31.7 Å². The molecule has 3 saturated heterocycles. The summed E-state index contributed by atoms with van der Waals surface area (Å²) in [4.78, 5) is 31.3. The summed E-state index contributed by atoms with van der Waals surface area (Å²) in [6.45, 7) is 8.25. The number of likely N-dealkylation sites (tertiary alicyclic amines) is 1. The third-order valence-corrected chi connectivity index (χ3v) is 7.39. The lowest BCUT2D eigenvalue weighted by Crippen LogP contribution is -2.73. The van der Waals surface area contributed by atoms with Crippen LogP contribution in [0, 0.1) is 5.92 Å². The van der Waals surface area contributed by atoms with Gasteiger partial charge in [-0.05, 0) is 63.0 Å². The molecule has 2 atom stereocenters. The molecule has 0 saturated carbocycles. The van der Waals surface area contributed by atoms with Crippen LogP contribution in [0.2, 0.25) is 0 Å². The maximum absolute atomic E-state index is 13.5. The van der Waals surface area contributed by atoms with Crippen molar-refractivity contribution in [2.45, 2.75) is 76.5 Å². The predicted molar refractivity (Wildman–Crippen MR) is 125 cm³/mol. The fraction of sp³-hybridized carbons (Fsp3) is 0.692. The number of benzene rings is 1. The summed E-state index contributed by atoms with van der Waals surface area (Å²) >= 11 is 0. The van der Waals surface area contributed by atoms with Crippen molar-refractivity contribution in [2.75, 3.05) is 32.8 Å². The minimum atomic E-state index is -0.716.